The summed E-state index contributed by atoms with van der Waals surface area (Å²) in [5, 5.41) is 0. The van der Waals surface area contributed by atoms with E-state index in [1.54, 1.807) is 7.11 Å². The lowest BCUT2D eigenvalue weighted by molar-refractivity contribution is 0.240. The molecule has 0 radical (unpaired) electrons. The monoisotopic (exact) mass is 175 g/mol. The van der Waals surface area contributed by atoms with Gasteiger partial charge in [0.1, 0.15) is 6.61 Å². The molecule has 0 aromatic heterocycles. The van der Waals surface area contributed by atoms with Gasteiger partial charge in [-0.25, -0.2) is 0 Å². The van der Waals surface area contributed by atoms with Crippen LogP contribution in [-0.2, 0) is 11.3 Å². The highest BCUT2D eigenvalue weighted by molar-refractivity contribution is 5.37. The molecular formula is C11H13NO. The Morgan fingerprint density at radius 1 is 1.46 bits per heavy atom. The zero-order chi connectivity index (χ0) is 9.52. The Morgan fingerprint density at radius 3 is 3.00 bits per heavy atom. The van der Waals surface area contributed by atoms with E-state index in [-0.39, 0.29) is 0 Å². The number of benzene rings is 1. The highest BCUT2D eigenvalue weighted by atomic mass is 16.5. The van der Waals surface area contributed by atoms with Crippen molar-refractivity contribution in [1.29, 1.82) is 0 Å². The van der Waals surface area contributed by atoms with Crippen LogP contribution in [0.2, 0.25) is 0 Å². The van der Waals surface area contributed by atoms with Gasteiger partial charge in [-0.15, -0.1) is 0 Å². The Balaban J connectivity index is 2.73. The molecular weight excluding hydrogens is 162 g/mol. The van der Waals surface area contributed by atoms with E-state index in [4.69, 9.17) is 10.5 Å². The lowest BCUT2D eigenvalue weighted by atomic mass is 10.1. The van der Waals surface area contributed by atoms with Gasteiger partial charge in [0.2, 0.25) is 0 Å². The second-order valence-corrected chi connectivity index (χ2v) is 2.64. The number of hydrogen-bond donors (Lipinski definition) is 1. The lowest BCUT2D eigenvalue weighted by Gasteiger charge is -1.95. The average Bonchev–Trinajstić information content (AvgIpc) is 2.19. The highest BCUT2D eigenvalue weighted by Gasteiger charge is 1.89. The SMILES string of the molecule is COCC#Cc1cccc(CN)c1. The number of nitrogens with two attached hydrogens (primary N) is 1. The Morgan fingerprint density at radius 2 is 2.31 bits per heavy atom. The average molecular weight is 175 g/mol. The minimum Gasteiger partial charge on any atom is -0.372 e. The van der Waals surface area contributed by atoms with Crippen LogP contribution in [0.4, 0.5) is 0 Å². The van der Waals surface area contributed by atoms with Crippen LogP contribution in [0, 0.1) is 11.8 Å². The van der Waals surface area contributed by atoms with Crippen LogP contribution in [0.15, 0.2) is 24.3 Å². The third-order valence-corrected chi connectivity index (χ3v) is 1.61. The van der Waals surface area contributed by atoms with E-state index < -0.39 is 0 Å². The van der Waals surface area contributed by atoms with E-state index in [0.717, 1.165) is 11.1 Å². The Bertz CT molecular complexity index is 322. The molecule has 2 heteroatoms. The van der Waals surface area contributed by atoms with E-state index in [2.05, 4.69) is 11.8 Å². The van der Waals surface area contributed by atoms with Gasteiger partial charge in [0, 0.05) is 19.2 Å². The van der Waals surface area contributed by atoms with Crippen molar-refractivity contribution in [3.8, 4) is 11.8 Å². The normalized spacial score (nSPS) is 9.08. The number of rotatable bonds is 2. The summed E-state index contributed by atoms with van der Waals surface area (Å²) in [7, 11) is 1.63. The molecule has 2 nitrogen and oxygen atoms in total. The van der Waals surface area contributed by atoms with Crippen molar-refractivity contribution in [3.05, 3.63) is 35.4 Å². The maximum atomic E-state index is 5.50. The molecule has 0 spiro atoms. The molecule has 1 aromatic carbocycles. The predicted octanol–water partition coefficient (Wildman–Crippen LogP) is 1.14. The van der Waals surface area contributed by atoms with Gasteiger partial charge in [0.25, 0.3) is 0 Å². The van der Waals surface area contributed by atoms with Crippen LogP contribution in [0.3, 0.4) is 0 Å². The van der Waals surface area contributed by atoms with Crippen LogP contribution >= 0.6 is 0 Å². The minimum atomic E-state index is 0.465. The fourth-order valence-corrected chi connectivity index (χ4v) is 0.986. The predicted molar refractivity (Wildman–Crippen MR) is 53.1 cm³/mol. The van der Waals surface area contributed by atoms with Crippen molar-refractivity contribution in [2.75, 3.05) is 13.7 Å². The van der Waals surface area contributed by atoms with Gasteiger partial charge in [0.15, 0.2) is 0 Å². The van der Waals surface area contributed by atoms with Crippen molar-refractivity contribution in [2.24, 2.45) is 5.73 Å². The van der Waals surface area contributed by atoms with E-state index in [1.807, 2.05) is 24.3 Å². The van der Waals surface area contributed by atoms with Gasteiger partial charge in [-0.3, -0.25) is 0 Å². The first-order valence-corrected chi connectivity index (χ1v) is 4.13. The molecule has 68 valence electrons. The summed E-state index contributed by atoms with van der Waals surface area (Å²) in [6.45, 7) is 1.02. The maximum absolute atomic E-state index is 5.50. The summed E-state index contributed by atoms with van der Waals surface area (Å²) in [4.78, 5) is 0. The molecule has 0 aliphatic rings. The summed E-state index contributed by atoms with van der Waals surface area (Å²) in [6.07, 6.45) is 0. The maximum Gasteiger partial charge on any atom is 0.107 e. The zero-order valence-electron chi connectivity index (χ0n) is 7.71. The van der Waals surface area contributed by atoms with Crippen molar-refractivity contribution in [3.63, 3.8) is 0 Å². The third-order valence-electron chi connectivity index (χ3n) is 1.61. The van der Waals surface area contributed by atoms with Crippen LogP contribution in [0.5, 0.6) is 0 Å². The molecule has 0 bridgehead atoms. The first-order valence-electron chi connectivity index (χ1n) is 4.13. The molecule has 13 heavy (non-hydrogen) atoms. The third kappa shape index (κ3) is 3.29. The summed E-state index contributed by atoms with van der Waals surface area (Å²) >= 11 is 0. The Labute approximate surface area is 78.7 Å². The quantitative estimate of drug-likeness (QED) is 0.684. The fourth-order valence-electron chi connectivity index (χ4n) is 0.986. The van der Waals surface area contributed by atoms with Gasteiger partial charge in [-0.05, 0) is 17.7 Å². The van der Waals surface area contributed by atoms with Gasteiger partial charge in [0.05, 0.1) is 0 Å². The Hall–Kier alpha value is -1.30. The topological polar surface area (TPSA) is 35.2 Å². The highest BCUT2D eigenvalue weighted by Crippen LogP contribution is 2.02. The molecule has 1 rings (SSSR count). The summed E-state index contributed by atoms with van der Waals surface area (Å²) in [6, 6.07) is 7.89. The summed E-state index contributed by atoms with van der Waals surface area (Å²) < 4.78 is 4.82. The summed E-state index contributed by atoms with van der Waals surface area (Å²) in [5.74, 6) is 5.88. The van der Waals surface area contributed by atoms with Gasteiger partial charge >= 0.3 is 0 Å². The molecule has 0 aliphatic heterocycles. The van der Waals surface area contributed by atoms with Crippen LogP contribution in [0.1, 0.15) is 11.1 Å². The molecule has 0 aliphatic carbocycles. The first-order chi connectivity index (χ1) is 6.36. The standard InChI is InChI=1S/C11H13NO/c1-13-7-3-6-10-4-2-5-11(8-10)9-12/h2,4-5,8H,7,9,12H2,1H3. The van der Waals surface area contributed by atoms with Gasteiger partial charge < -0.3 is 10.5 Å². The first kappa shape index (κ1) is 9.79. The lowest BCUT2D eigenvalue weighted by Crippen LogP contribution is -1.95. The smallest absolute Gasteiger partial charge is 0.107 e. The second kappa shape index (κ2) is 5.36. The molecule has 1 aromatic rings. The minimum absolute atomic E-state index is 0.465. The number of ether oxygens (including phenoxy) is 1. The molecule has 0 fully saturated rings. The molecule has 0 amide bonds. The van der Waals surface area contributed by atoms with Crippen molar-refractivity contribution in [2.45, 2.75) is 6.54 Å². The Kier molecular flexibility index (Phi) is 4.04. The molecule has 2 N–H and O–H groups in total. The van der Waals surface area contributed by atoms with E-state index in [0.29, 0.717) is 13.2 Å². The molecule has 0 saturated carbocycles. The number of methoxy groups -OCH3 is 1. The van der Waals surface area contributed by atoms with Crippen molar-refractivity contribution >= 4 is 0 Å². The van der Waals surface area contributed by atoms with E-state index in [9.17, 15) is 0 Å². The van der Waals surface area contributed by atoms with Crippen LogP contribution < -0.4 is 5.73 Å². The number of hydrogen-bond acceptors (Lipinski definition) is 2. The molecule has 0 heterocycles. The van der Waals surface area contributed by atoms with Crippen LogP contribution in [-0.4, -0.2) is 13.7 Å². The second-order valence-electron chi connectivity index (χ2n) is 2.64. The molecule has 0 saturated heterocycles. The molecule has 0 unspecified atom stereocenters. The van der Waals surface area contributed by atoms with Gasteiger partial charge in [-0.2, -0.15) is 0 Å². The van der Waals surface area contributed by atoms with E-state index in [1.165, 1.54) is 0 Å². The van der Waals surface area contributed by atoms with Crippen LogP contribution in [0.25, 0.3) is 0 Å². The fraction of sp³-hybridized carbons (Fsp3) is 0.273. The summed E-state index contributed by atoms with van der Waals surface area (Å²) in [5.41, 5.74) is 7.59. The van der Waals surface area contributed by atoms with Gasteiger partial charge in [-0.1, -0.05) is 24.0 Å². The van der Waals surface area contributed by atoms with Crippen molar-refractivity contribution in [1.82, 2.24) is 0 Å². The largest absolute Gasteiger partial charge is 0.372 e. The van der Waals surface area contributed by atoms with Crippen molar-refractivity contribution < 1.29 is 4.74 Å². The molecule has 0 atom stereocenters. The zero-order valence-corrected chi connectivity index (χ0v) is 7.71. The van der Waals surface area contributed by atoms with E-state index >= 15 is 0 Å².